The third-order valence-corrected chi connectivity index (χ3v) is 5.00. The van der Waals surface area contributed by atoms with Crippen molar-refractivity contribution < 1.29 is 17.9 Å². The molecule has 0 aliphatic carbocycles. The lowest BCUT2D eigenvalue weighted by Gasteiger charge is -2.17. The highest BCUT2D eigenvalue weighted by Gasteiger charge is 2.20. The van der Waals surface area contributed by atoms with Crippen LogP contribution in [-0.4, -0.2) is 27.4 Å². The van der Waals surface area contributed by atoms with E-state index in [0.717, 1.165) is 11.1 Å². The van der Waals surface area contributed by atoms with E-state index in [1.165, 1.54) is 0 Å². The molecule has 0 aliphatic heterocycles. The van der Waals surface area contributed by atoms with Crippen molar-refractivity contribution in [2.24, 2.45) is 0 Å². The maximum atomic E-state index is 12.4. The predicted octanol–water partition coefficient (Wildman–Crippen LogP) is 2.45. The van der Waals surface area contributed by atoms with Crippen LogP contribution in [0.15, 0.2) is 59.5 Å². The van der Waals surface area contributed by atoms with E-state index < -0.39 is 16.1 Å². The molecule has 1 N–H and O–H groups in total. The summed E-state index contributed by atoms with van der Waals surface area (Å²) >= 11 is 0. The van der Waals surface area contributed by atoms with Crippen LogP contribution in [0.25, 0.3) is 0 Å². The number of nitrogens with one attached hydrogen (secondary N) is 1. The normalized spacial score (nSPS) is 12.7. The number of benzene rings is 2. The maximum absolute atomic E-state index is 12.4. The Hall–Kier alpha value is -2.02. The van der Waals surface area contributed by atoms with E-state index in [9.17, 15) is 13.2 Å². The average Bonchev–Trinajstić information content (AvgIpc) is 2.56. The van der Waals surface area contributed by atoms with Crippen LogP contribution in [-0.2, 0) is 26.2 Å². The molecular formula is C18H21NO4S. The number of hydrogen-bond acceptors (Lipinski definition) is 4. The number of hydrogen-bond donors (Lipinski definition) is 1. The molecule has 0 unspecified atom stereocenters. The van der Waals surface area contributed by atoms with Crippen LogP contribution >= 0.6 is 0 Å². The Kier molecular flexibility index (Phi) is 6.66. The summed E-state index contributed by atoms with van der Waals surface area (Å²) in [4.78, 5) is 11.0. The fourth-order valence-corrected chi connectivity index (χ4v) is 3.40. The molecule has 2 aromatic rings. The van der Waals surface area contributed by atoms with E-state index in [-0.39, 0.29) is 17.9 Å². The van der Waals surface area contributed by atoms with Crippen molar-refractivity contribution in [3.63, 3.8) is 0 Å². The number of rotatable bonds is 9. The van der Waals surface area contributed by atoms with Gasteiger partial charge >= 0.3 is 0 Å². The summed E-state index contributed by atoms with van der Waals surface area (Å²) in [5.74, 6) is 0. The molecule has 2 rings (SSSR count). The van der Waals surface area contributed by atoms with Crippen LogP contribution in [0, 0.1) is 6.92 Å². The zero-order valence-corrected chi connectivity index (χ0v) is 14.3. The number of aldehydes is 1. The predicted molar refractivity (Wildman–Crippen MR) is 92.1 cm³/mol. The van der Waals surface area contributed by atoms with Gasteiger partial charge in [-0.2, -0.15) is 0 Å². The molecule has 6 heteroatoms. The summed E-state index contributed by atoms with van der Waals surface area (Å²) in [5, 5.41) is 0. The zero-order valence-electron chi connectivity index (χ0n) is 13.5. The van der Waals surface area contributed by atoms with Crippen LogP contribution in [0.2, 0.25) is 0 Å². The van der Waals surface area contributed by atoms with Crippen molar-refractivity contribution in [1.29, 1.82) is 0 Å². The lowest BCUT2D eigenvalue weighted by Crippen LogP contribution is -2.38. The standard InChI is InChI=1S/C18H21NO4S/c1-15-7-9-18(10-8-15)24(21,22)19-17(11-12-20)14-23-13-16-5-3-2-4-6-16/h2-10,12,17,19H,11,13-14H2,1H3/t17-/m0/s1. The molecule has 5 nitrogen and oxygen atoms in total. The minimum Gasteiger partial charge on any atom is -0.375 e. The monoisotopic (exact) mass is 347 g/mol. The van der Waals surface area contributed by atoms with E-state index >= 15 is 0 Å². The lowest BCUT2D eigenvalue weighted by molar-refractivity contribution is -0.108. The summed E-state index contributed by atoms with van der Waals surface area (Å²) in [5.41, 5.74) is 1.97. The van der Waals surface area contributed by atoms with Crippen molar-refractivity contribution in [2.75, 3.05) is 6.61 Å². The number of carbonyl (C=O) groups is 1. The van der Waals surface area contributed by atoms with Crippen molar-refractivity contribution >= 4 is 16.3 Å². The molecular weight excluding hydrogens is 326 g/mol. The molecule has 0 aliphatic rings. The quantitative estimate of drug-likeness (QED) is 0.707. The van der Waals surface area contributed by atoms with Gasteiger partial charge in [0.1, 0.15) is 6.29 Å². The largest absolute Gasteiger partial charge is 0.375 e. The highest BCUT2D eigenvalue weighted by molar-refractivity contribution is 7.89. The van der Waals surface area contributed by atoms with E-state index in [2.05, 4.69) is 4.72 Å². The van der Waals surface area contributed by atoms with Gasteiger partial charge in [-0.05, 0) is 24.6 Å². The van der Waals surface area contributed by atoms with Gasteiger partial charge in [-0.15, -0.1) is 0 Å². The second-order valence-electron chi connectivity index (χ2n) is 5.53. The molecule has 0 spiro atoms. The number of ether oxygens (including phenoxy) is 1. The summed E-state index contributed by atoms with van der Waals surface area (Å²) in [7, 11) is -3.68. The van der Waals surface area contributed by atoms with Gasteiger partial charge in [0.25, 0.3) is 0 Å². The van der Waals surface area contributed by atoms with Crippen molar-refractivity contribution in [3.05, 3.63) is 65.7 Å². The summed E-state index contributed by atoms with van der Waals surface area (Å²) in [6, 6.07) is 15.5. The molecule has 0 fully saturated rings. The van der Waals surface area contributed by atoms with Gasteiger partial charge in [0.15, 0.2) is 0 Å². The molecule has 0 bridgehead atoms. The van der Waals surface area contributed by atoms with Gasteiger partial charge in [0, 0.05) is 6.42 Å². The Labute approximate surface area is 142 Å². The number of aryl methyl sites for hydroxylation is 1. The van der Waals surface area contributed by atoms with Crippen molar-refractivity contribution in [1.82, 2.24) is 4.72 Å². The average molecular weight is 347 g/mol. The SMILES string of the molecule is Cc1ccc(S(=O)(=O)N[C@@H](CC=O)COCc2ccccc2)cc1. The first-order valence-corrected chi connectivity index (χ1v) is 9.14. The first-order valence-electron chi connectivity index (χ1n) is 7.65. The molecule has 0 radical (unpaired) electrons. The second kappa shape index (κ2) is 8.73. The van der Waals surface area contributed by atoms with Crippen LogP contribution in [0.4, 0.5) is 0 Å². The van der Waals surface area contributed by atoms with Crippen LogP contribution in [0.3, 0.4) is 0 Å². The molecule has 1 atom stereocenters. The minimum atomic E-state index is -3.68. The third-order valence-electron chi connectivity index (χ3n) is 3.46. The first-order chi connectivity index (χ1) is 11.5. The molecule has 0 saturated heterocycles. The Balaban J connectivity index is 1.96. The maximum Gasteiger partial charge on any atom is 0.240 e. The minimum absolute atomic E-state index is 0.0554. The fraction of sp³-hybridized carbons (Fsp3) is 0.278. The van der Waals surface area contributed by atoms with Crippen LogP contribution < -0.4 is 4.72 Å². The van der Waals surface area contributed by atoms with E-state index in [4.69, 9.17) is 4.74 Å². The topological polar surface area (TPSA) is 72.5 Å². The van der Waals surface area contributed by atoms with E-state index in [0.29, 0.717) is 12.9 Å². The van der Waals surface area contributed by atoms with Gasteiger partial charge in [-0.3, -0.25) is 0 Å². The Morgan fingerprint density at radius 1 is 1.08 bits per heavy atom. The van der Waals surface area contributed by atoms with Gasteiger partial charge in [-0.1, -0.05) is 48.0 Å². The summed E-state index contributed by atoms with van der Waals surface area (Å²) in [6.45, 7) is 2.37. The highest BCUT2D eigenvalue weighted by atomic mass is 32.2. The van der Waals surface area contributed by atoms with Crippen LogP contribution in [0.5, 0.6) is 0 Å². The van der Waals surface area contributed by atoms with Gasteiger partial charge in [0.05, 0.1) is 24.2 Å². The van der Waals surface area contributed by atoms with Gasteiger partial charge in [-0.25, -0.2) is 13.1 Å². The molecule has 128 valence electrons. The molecule has 0 heterocycles. The third kappa shape index (κ3) is 5.56. The second-order valence-corrected chi connectivity index (χ2v) is 7.25. The van der Waals surface area contributed by atoms with Crippen molar-refractivity contribution in [2.45, 2.75) is 30.9 Å². The molecule has 0 aromatic heterocycles. The summed E-state index contributed by atoms with van der Waals surface area (Å²) in [6.07, 6.45) is 0.744. The van der Waals surface area contributed by atoms with Gasteiger partial charge in [0.2, 0.25) is 10.0 Å². The molecule has 24 heavy (non-hydrogen) atoms. The first kappa shape index (κ1) is 18.3. The smallest absolute Gasteiger partial charge is 0.240 e. The van der Waals surface area contributed by atoms with Crippen LogP contribution in [0.1, 0.15) is 17.5 Å². The Bertz CT molecular complexity index is 742. The highest BCUT2D eigenvalue weighted by Crippen LogP contribution is 2.11. The zero-order chi connectivity index (χ0) is 17.4. The molecule has 2 aromatic carbocycles. The lowest BCUT2D eigenvalue weighted by atomic mass is 10.2. The summed E-state index contributed by atoms with van der Waals surface area (Å²) < 4.78 is 32.8. The van der Waals surface area contributed by atoms with Gasteiger partial charge < -0.3 is 9.53 Å². The molecule has 0 amide bonds. The van der Waals surface area contributed by atoms with E-state index in [1.807, 2.05) is 37.3 Å². The Morgan fingerprint density at radius 3 is 2.38 bits per heavy atom. The number of sulfonamides is 1. The molecule has 0 saturated carbocycles. The number of carbonyl (C=O) groups excluding carboxylic acids is 1. The fourth-order valence-electron chi connectivity index (χ4n) is 2.16. The Morgan fingerprint density at radius 2 is 1.75 bits per heavy atom. The van der Waals surface area contributed by atoms with E-state index in [1.54, 1.807) is 24.3 Å². The van der Waals surface area contributed by atoms with Crippen molar-refractivity contribution in [3.8, 4) is 0 Å².